The van der Waals surface area contributed by atoms with Gasteiger partial charge in [0, 0.05) is 12.6 Å². The van der Waals surface area contributed by atoms with Gasteiger partial charge in [0.05, 0.1) is 0 Å². The van der Waals surface area contributed by atoms with Gasteiger partial charge in [0.25, 0.3) is 10.2 Å². The molecule has 4 N–H and O–H groups in total. The molecule has 9 heteroatoms. The minimum absolute atomic E-state index is 0.00354. The van der Waals surface area contributed by atoms with Crippen LogP contribution in [-0.2, 0) is 10.2 Å². The molecule has 17 heavy (non-hydrogen) atoms. The van der Waals surface area contributed by atoms with Gasteiger partial charge in [0.15, 0.2) is 0 Å². The van der Waals surface area contributed by atoms with E-state index in [-0.39, 0.29) is 6.54 Å². The third-order valence-corrected chi connectivity index (χ3v) is 3.16. The molecule has 0 aliphatic heterocycles. The molecule has 0 saturated heterocycles. The minimum atomic E-state index is -4.59. The highest BCUT2D eigenvalue weighted by molar-refractivity contribution is 7.87. The third kappa shape index (κ3) is 7.53. The molecule has 0 spiro atoms. The summed E-state index contributed by atoms with van der Waals surface area (Å²) in [6.45, 7) is 3.59. The first kappa shape index (κ1) is 16.6. The molecule has 0 saturated carbocycles. The van der Waals surface area contributed by atoms with Gasteiger partial charge in [0.1, 0.15) is 6.54 Å². The summed E-state index contributed by atoms with van der Waals surface area (Å²) in [6.07, 6.45) is -4.59. The monoisotopic (exact) mass is 277 g/mol. The van der Waals surface area contributed by atoms with Gasteiger partial charge in [-0.25, -0.2) is 0 Å². The molecular formula is C8H18F3N3O2S. The summed E-state index contributed by atoms with van der Waals surface area (Å²) in [6, 6.07) is -0.645. The molecule has 0 heterocycles. The Balaban J connectivity index is 4.54. The molecule has 5 nitrogen and oxygen atoms in total. The molecular weight excluding hydrogens is 259 g/mol. The quantitative estimate of drug-likeness (QED) is 0.678. The molecule has 1 atom stereocenters. The largest absolute Gasteiger partial charge is 0.402 e. The highest BCUT2D eigenvalue weighted by Gasteiger charge is 2.32. The molecule has 0 rings (SSSR count). The molecule has 0 aliphatic carbocycles. The number of alkyl halides is 3. The lowest BCUT2D eigenvalue weighted by atomic mass is 9.88. The summed E-state index contributed by atoms with van der Waals surface area (Å²) in [5, 5.41) is 0. The van der Waals surface area contributed by atoms with E-state index in [0.29, 0.717) is 0 Å². The van der Waals surface area contributed by atoms with Gasteiger partial charge in [-0.2, -0.15) is 31.0 Å². The van der Waals surface area contributed by atoms with Gasteiger partial charge in [-0.15, -0.1) is 0 Å². The number of hydrogen-bond donors (Lipinski definition) is 3. The Labute approximate surface area is 99.1 Å². The number of halogens is 3. The average Bonchev–Trinajstić information content (AvgIpc) is 2.08. The van der Waals surface area contributed by atoms with Crippen molar-refractivity contribution in [2.24, 2.45) is 11.1 Å². The normalized spacial score (nSPS) is 15.9. The second-order valence-corrected chi connectivity index (χ2v) is 6.24. The van der Waals surface area contributed by atoms with E-state index in [1.54, 1.807) is 20.8 Å². The number of nitrogens with two attached hydrogens (primary N) is 1. The zero-order valence-corrected chi connectivity index (χ0v) is 10.7. The number of rotatable bonds is 5. The van der Waals surface area contributed by atoms with Gasteiger partial charge < -0.3 is 5.73 Å². The van der Waals surface area contributed by atoms with Crippen LogP contribution in [0.15, 0.2) is 0 Å². The van der Waals surface area contributed by atoms with Gasteiger partial charge in [-0.3, -0.25) is 0 Å². The van der Waals surface area contributed by atoms with E-state index >= 15 is 0 Å². The summed E-state index contributed by atoms with van der Waals surface area (Å²) in [5.74, 6) is 0. The van der Waals surface area contributed by atoms with Crippen LogP contribution in [0.5, 0.6) is 0 Å². The highest BCUT2D eigenvalue weighted by Crippen LogP contribution is 2.19. The van der Waals surface area contributed by atoms with Crippen LogP contribution in [0.1, 0.15) is 20.8 Å². The van der Waals surface area contributed by atoms with Crippen LogP contribution in [0.4, 0.5) is 13.2 Å². The summed E-state index contributed by atoms with van der Waals surface area (Å²) in [7, 11) is -4.21. The van der Waals surface area contributed by atoms with Gasteiger partial charge in [-0.1, -0.05) is 20.8 Å². The van der Waals surface area contributed by atoms with Crippen molar-refractivity contribution in [2.75, 3.05) is 13.1 Å². The van der Waals surface area contributed by atoms with Crippen molar-refractivity contribution in [3.8, 4) is 0 Å². The Hall–Kier alpha value is -0.380. The molecule has 104 valence electrons. The first-order valence-corrected chi connectivity index (χ1v) is 6.39. The molecule has 0 amide bonds. The molecule has 0 aliphatic rings. The Morgan fingerprint density at radius 2 is 1.71 bits per heavy atom. The first-order valence-electron chi connectivity index (χ1n) is 4.91. The average molecular weight is 277 g/mol. The Morgan fingerprint density at radius 1 is 1.24 bits per heavy atom. The fourth-order valence-corrected chi connectivity index (χ4v) is 2.25. The lowest BCUT2D eigenvalue weighted by Gasteiger charge is -2.30. The first-order chi connectivity index (χ1) is 7.37. The van der Waals surface area contributed by atoms with Crippen molar-refractivity contribution in [1.82, 2.24) is 9.44 Å². The fraction of sp³-hybridized carbons (Fsp3) is 1.00. The molecule has 1 unspecified atom stereocenters. The van der Waals surface area contributed by atoms with Crippen LogP contribution in [0.2, 0.25) is 0 Å². The predicted octanol–water partition coefficient (Wildman–Crippen LogP) is 0.346. The molecule has 0 radical (unpaired) electrons. The van der Waals surface area contributed by atoms with Crippen LogP contribution in [0, 0.1) is 5.41 Å². The fourth-order valence-electron chi connectivity index (χ4n) is 0.984. The topological polar surface area (TPSA) is 84.2 Å². The second kappa shape index (κ2) is 5.51. The summed E-state index contributed by atoms with van der Waals surface area (Å²) in [5.41, 5.74) is 4.89. The van der Waals surface area contributed by atoms with Crippen molar-refractivity contribution in [3.63, 3.8) is 0 Å². The van der Waals surface area contributed by atoms with Crippen LogP contribution in [0.25, 0.3) is 0 Å². The zero-order chi connectivity index (χ0) is 13.9. The van der Waals surface area contributed by atoms with Crippen LogP contribution in [0.3, 0.4) is 0 Å². The van der Waals surface area contributed by atoms with E-state index < -0.39 is 34.4 Å². The number of nitrogens with one attached hydrogen (secondary N) is 2. The lowest BCUT2D eigenvalue weighted by molar-refractivity contribution is -0.121. The molecule has 0 aromatic heterocycles. The number of hydrogen-bond acceptors (Lipinski definition) is 3. The van der Waals surface area contributed by atoms with E-state index in [1.807, 2.05) is 0 Å². The minimum Gasteiger partial charge on any atom is -0.329 e. The second-order valence-electron chi connectivity index (χ2n) is 4.71. The van der Waals surface area contributed by atoms with E-state index in [4.69, 9.17) is 5.73 Å². The van der Waals surface area contributed by atoms with E-state index in [0.717, 1.165) is 0 Å². The molecule has 0 aromatic rings. The van der Waals surface area contributed by atoms with Crippen LogP contribution >= 0.6 is 0 Å². The third-order valence-electron chi connectivity index (χ3n) is 2.04. The summed E-state index contributed by atoms with van der Waals surface area (Å²) >= 11 is 0. The standard InChI is InChI=1S/C8H18F3N3O2S/c1-7(2,3)6(4-12)14-17(15,16)13-5-8(9,10)11/h6,13-14H,4-5,12H2,1-3H3. The predicted molar refractivity (Wildman–Crippen MR) is 58.4 cm³/mol. The van der Waals surface area contributed by atoms with Crippen molar-refractivity contribution in [1.29, 1.82) is 0 Å². The molecule has 0 aromatic carbocycles. The maximum atomic E-state index is 11.9. The molecule has 0 bridgehead atoms. The van der Waals surface area contributed by atoms with Crippen molar-refractivity contribution < 1.29 is 21.6 Å². The van der Waals surface area contributed by atoms with Gasteiger partial charge in [0.2, 0.25) is 0 Å². The maximum absolute atomic E-state index is 11.9. The smallest absolute Gasteiger partial charge is 0.329 e. The van der Waals surface area contributed by atoms with E-state index in [2.05, 4.69) is 4.72 Å². The Kier molecular flexibility index (Phi) is 5.38. The van der Waals surface area contributed by atoms with Gasteiger partial charge in [-0.05, 0) is 5.41 Å². The van der Waals surface area contributed by atoms with Crippen LogP contribution in [-0.4, -0.2) is 33.7 Å². The lowest BCUT2D eigenvalue weighted by Crippen LogP contribution is -2.53. The van der Waals surface area contributed by atoms with Crippen molar-refractivity contribution in [3.05, 3.63) is 0 Å². The molecule has 0 fully saturated rings. The Morgan fingerprint density at radius 3 is 2.00 bits per heavy atom. The van der Waals surface area contributed by atoms with Crippen molar-refractivity contribution in [2.45, 2.75) is 33.0 Å². The maximum Gasteiger partial charge on any atom is 0.402 e. The van der Waals surface area contributed by atoms with Crippen molar-refractivity contribution >= 4 is 10.2 Å². The highest BCUT2D eigenvalue weighted by atomic mass is 32.2. The van der Waals surface area contributed by atoms with Crippen LogP contribution < -0.4 is 15.2 Å². The SMILES string of the molecule is CC(C)(C)C(CN)NS(=O)(=O)NCC(F)(F)F. The van der Waals surface area contributed by atoms with Gasteiger partial charge >= 0.3 is 6.18 Å². The zero-order valence-electron chi connectivity index (χ0n) is 9.93. The summed E-state index contributed by atoms with van der Waals surface area (Å²) in [4.78, 5) is 0. The summed E-state index contributed by atoms with van der Waals surface area (Å²) < 4.78 is 61.7. The van der Waals surface area contributed by atoms with E-state index in [9.17, 15) is 21.6 Å². The van der Waals surface area contributed by atoms with E-state index in [1.165, 1.54) is 4.72 Å². The Bertz CT molecular complexity index is 335.